The molecule has 3 aromatic rings. The molecule has 1 atom stereocenters. The number of anilines is 1. The number of nitrogens with one attached hydrogen (secondary N) is 1. The smallest absolute Gasteiger partial charge is 0.200 e. The number of nitrogens with zero attached hydrogens (tertiary/aromatic N) is 5. The lowest BCUT2D eigenvalue weighted by Gasteiger charge is -2.14. The average molecular weight is 258 g/mol. The second kappa shape index (κ2) is 4.60. The summed E-state index contributed by atoms with van der Waals surface area (Å²) in [5.74, 6) is 0.404. The summed E-state index contributed by atoms with van der Waals surface area (Å²) >= 11 is 0. The molecule has 3 rings (SSSR count). The molecule has 0 aliphatic rings. The third kappa shape index (κ3) is 2.35. The molecule has 1 aromatic carbocycles. The van der Waals surface area contributed by atoms with Gasteiger partial charge in [-0.25, -0.2) is 4.39 Å². The first-order valence-corrected chi connectivity index (χ1v) is 5.80. The molecule has 2 aromatic heterocycles. The molecule has 2 heterocycles. The van der Waals surface area contributed by atoms with E-state index in [-0.39, 0.29) is 11.9 Å². The first-order chi connectivity index (χ1) is 9.22. The summed E-state index contributed by atoms with van der Waals surface area (Å²) in [4.78, 5) is 0. The van der Waals surface area contributed by atoms with Crippen LogP contribution >= 0.6 is 0 Å². The van der Waals surface area contributed by atoms with E-state index in [0.29, 0.717) is 11.5 Å². The molecule has 6 nitrogen and oxygen atoms in total. The molecular formula is C12H11FN6. The van der Waals surface area contributed by atoms with Crippen molar-refractivity contribution in [3.63, 3.8) is 0 Å². The summed E-state index contributed by atoms with van der Waals surface area (Å²) in [6, 6.07) is 9.92. The third-order valence-electron chi connectivity index (χ3n) is 2.80. The van der Waals surface area contributed by atoms with E-state index in [2.05, 4.69) is 25.9 Å². The van der Waals surface area contributed by atoms with Gasteiger partial charge in [0.25, 0.3) is 0 Å². The van der Waals surface area contributed by atoms with Crippen LogP contribution in [-0.2, 0) is 0 Å². The quantitative estimate of drug-likeness (QED) is 0.776. The van der Waals surface area contributed by atoms with Crippen LogP contribution < -0.4 is 5.32 Å². The van der Waals surface area contributed by atoms with Crippen molar-refractivity contribution in [3.05, 3.63) is 47.8 Å². The second-order valence-electron chi connectivity index (χ2n) is 4.16. The first kappa shape index (κ1) is 11.5. The van der Waals surface area contributed by atoms with Gasteiger partial charge in [0.2, 0.25) is 0 Å². The Morgan fingerprint density at radius 3 is 2.74 bits per heavy atom. The summed E-state index contributed by atoms with van der Waals surface area (Å²) < 4.78 is 14.2. The zero-order chi connectivity index (χ0) is 13.2. The number of tetrazole rings is 1. The van der Waals surface area contributed by atoms with Crippen molar-refractivity contribution in [1.29, 1.82) is 0 Å². The van der Waals surface area contributed by atoms with Crippen LogP contribution in [0, 0.1) is 5.82 Å². The van der Waals surface area contributed by atoms with Crippen molar-refractivity contribution in [2.45, 2.75) is 13.0 Å². The molecule has 0 fully saturated rings. The van der Waals surface area contributed by atoms with Gasteiger partial charge >= 0.3 is 0 Å². The van der Waals surface area contributed by atoms with Crippen LogP contribution in [0.3, 0.4) is 0 Å². The molecule has 19 heavy (non-hydrogen) atoms. The standard InChI is InChI=1S/C12H11FN6/c1-8(9-2-4-10(13)5-3-9)14-11-6-7-12-15-17-18-19(12)16-11/h2-8H,1H3,(H,14,16)/t8-/m1/s1. The molecule has 96 valence electrons. The van der Waals surface area contributed by atoms with Crippen molar-refractivity contribution < 1.29 is 4.39 Å². The molecule has 0 aliphatic carbocycles. The molecule has 1 N–H and O–H groups in total. The summed E-state index contributed by atoms with van der Waals surface area (Å²) in [6.45, 7) is 1.97. The van der Waals surface area contributed by atoms with Crippen molar-refractivity contribution in [3.8, 4) is 0 Å². The van der Waals surface area contributed by atoms with Gasteiger partial charge in [-0.15, -0.1) is 14.8 Å². The van der Waals surface area contributed by atoms with Crippen LogP contribution in [0.15, 0.2) is 36.4 Å². The normalized spacial score (nSPS) is 12.5. The van der Waals surface area contributed by atoms with Crippen molar-refractivity contribution in [2.75, 3.05) is 5.32 Å². The number of aromatic nitrogens is 5. The Hall–Kier alpha value is -2.57. The minimum Gasteiger partial charge on any atom is -0.362 e. The molecular weight excluding hydrogens is 247 g/mol. The lowest BCUT2D eigenvalue weighted by molar-refractivity contribution is 0.626. The maximum atomic E-state index is 12.9. The summed E-state index contributed by atoms with van der Waals surface area (Å²) in [6.07, 6.45) is 0. The zero-order valence-corrected chi connectivity index (χ0v) is 10.2. The van der Waals surface area contributed by atoms with Gasteiger partial charge in [0.05, 0.1) is 6.04 Å². The predicted octanol–water partition coefficient (Wildman–Crippen LogP) is 1.83. The van der Waals surface area contributed by atoms with E-state index in [1.54, 1.807) is 24.3 Å². The molecule has 0 bridgehead atoms. The summed E-state index contributed by atoms with van der Waals surface area (Å²) in [5.41, 5.74) is 1.56. The van der Waals surface area contributed by atoms with Gasteiger partial charge in [-0.3, -0.25) is 0 Å². The highest BCUT2D eigenvalue weighted by Crippen LogP contribution is 2.17. The maximum absolute atomic E-state index is 12.9. The van der Waals surface area contributed by atoms with Crippen LogP contribution in [0.4, 0.5) is 10.2 Å². The highest BCUT2D eigenvalue weighted by Gasteiger charge is 2.07. The van der Waals surface area contributed by atoms with Crippen molar-refractivity contribution >= 4 is 11.5 Å². The monoisotopic (exact) mass is 258 g/mol. The van der Waals surface area contributed by atoms with Crippen molar-refractivity contribution in [2.24, 2.45) is 0 Å². The van der Waals surface area contributed by atoms with Gasteiger partial charge in [-0.1, -0.05) is 12.1 Å². The Balaban J connectivity index is 1.81. The maximum Gasteiger partial charge on any atom is 0.200 e. The highest BCUT2D eigenvalue weighted by atomic mass is 19.1. The fourth-order valence-electron chi connectivity index (χ4n) is 1.78. The van der Waals surface area contributed by atoms with E-state index in [9.17, 15) is 4.39 Å². The Morgan fingerprint density at radius 1 is 1.16 bits per heavy atom. The van der Waals surface area contributed by atoms with Gasteiger partial charge in [-0.05, 0) is 47.2 Å². The van der Waals surface area contributed by atoms with Crippen molar-refractivity contribution in [1.82, 2.24) is 25.3 Å². The minimum atomic E-state index is -0.246. The molecule has 0 amide bonds. The van der Waals surface area contributed by atoms with Crippen LogP contribution in [-0.4, -0.2) is 25.3 Å². The lowest BCUT2D eigenvalue weighted by atomic mass is 10.1. The topological polar surface area (TPSA) is 68.0 Å². The Kier molecular flexibility index (Phi) is 2.79. The first-order valence-electron chi connectivity index (χ1n) is 5.80. The Bertz CT molecular complexity index is 693. The van der Waals surface area contributed by atoms with Gasteiger partial charge < -0.3 is 5.32 Å². The fourth-order valence-corrected chi connectivity index (χ4v) is 1.78. The molecule has 0 radical (unpaired) electrons. The molecule has 0 saturated heterocycles. The van der Waals surface area contributed by atoms with E-state index >= 15 is 0 Å². The van der Waals surface area contributed by atoms with Crippen LogP contribution in [0.2, 0.25) is 0 Å². The van der Waals surface area contributed by atoms with Gasteiger partial charge in [0.1, 0.15) is 11.6 Å². The Labute approximate surface area is 108 Å². The Morgan fingerprint density at radius 2 is 1.95 bits per heavy atom. The number of hydrogen-bond donors (Lipinski definition) is 1. The lowest BCUT2D eigenvalue weighted by Crippen LogP contribution is -2.09. The molecule has 7 heteroatoms. The van der Waals surface area contributed by atoms with Gasteiger partial charge in [0, 0.05) is 0 Å². The third-order valence-corrected chi connectivity index (χ3v) is 2.80. The highest BCUT2D eigenvalue weighted by molar-refractivity contribution is 5.43. The second-order valence-corrected chi connectivity index (χ2v) is 4.16. The zero-order valence-electron chi connectivity index (χ0n) is 10.2. The molecule has 0 unspecified atom stereocenters. The van der Waals surface area contributed by atoms with Crippen LogP contribution in [0.5, 0.6) is 0 Å². The fraction of sp³-hybridized carbons (Fsp3) is 0.167. The number of fused-ring (bicyclic) bond motifs is 1. The minimum absolute atomic E-state index is 0.00188. The van der Waals surface area contributed by atoms with Crippen LogP contribution in [0.1, 0.15) is 18.5 Å². The number of benzene rings is 1. The van der Waals surface area contributed by atoms with Gasteiger partial charge in [0.15, 0.2) is 5.65 Å². The van der Waals surface area contributed by atoms with E-state index in [0.717, 1.165) is 5.56 Å². The molecule has 0 aliphatic heterocycles. The largest absolute Gasteiger partial charge is 0.362 e. The molecule has 0 saturated carbocycles. The van der Waals surface area contributed by atoms with Gasteiger partial charge in [-0.2, -0.15) is 0 Å². The summed E-state index contributed by atoms with van der Waals surface area (Å²) in [5, 5.41) is 18.4. The number of rotatable bonds is 3. The SMILES string of the molecule is C[C@@H](Nc1ccc2nnnn2n1)c1ccc(F)cc1. The number of halogens is 1. The van der Waals surface area contributed by atoms with E-state index in [1.165, 1.54) is 16.8 Å². The number of hydrogen-bond acceptors (Lipinski definition) is 5. The van der Waals surface area contributed by atoms with E-state index in [4.69, 9.17) is 0 Å². The summed E-state index contributed by atoms with van der Waals surface area (Å²) in [7, 11) is 0. The predicted molar refractivity (Wildman–Crippen MR) is 67.0 cm³/mol. The van der Waals surface area contributed by atoms with Crippen LogP contribution in [0.25, 0.3) is 5.65 Å². The van der Waals surface area contributed by atoms with E-state index in [1.807, 2.05) is 6.92 Å². The van der Waals surface area contributed by atoms with E-state index < -0.39 is 0 Å². The average Bonchev–Trinajstić information content (AvgIpc) is 2.87. The molecule has 0 spiro atoms.